The van der Waals surface area contributed by atoms with Gasteiger partial charge in [-0.05, 0) is 30.3 Å². The number of sulfonamides is 1. The van der Waals surface area contributed by atoms with Crippen LogP contribution in [0.5, 0.6) is 5.75 Å². The van der Waals surface area contributed by atoms with Crippen molar-refractivity contribution in [3.05, 3.63) is 68.6 Å². The molecule has 3 aromatic rings. The fourth-order valence-electron chi connectivity index (χ4n) is 3.99. The summed E-state index contributed by atoms with van der Waals surface area (Å²) in [6.07, 6.45) is 0. The number of nitrogens with two attached hydrogens (primary N) is 1. The number of rotatable bonds is 4. The Morgan fingerprint density at radius 1 is 1.15 bits per heavy atom. The molecule has 0 saturated heterocycles. The number of nitrogens with zero attached hydrogens (tertiary/aromatic N) is 1. The first-order valence-electron chi connectivity index (χ1n) is 9.82. The molecule has 1 aromatic heterocycles. The van der Waals surface area contributed by atoms with Gasteiger partial charge in [0.2, 0.25) is 15.9 Å². The molecule has 33 heavy (non-hydrogen) atoms. The lowest BCUT2D eigenvalue weighted by Gasteiger charge is -2.34. The minimum Gasteiger partial charge on any atom is -0.426 e. The number of primary sulfonamides is 1. The van der Waals surface area contributed by atoms with Gasteiger partial charge in [0, 0.05) is 27.8 Å². The Bertz CT molecular complexity index is 1440. The SMILES string of the molecule is NS(=O)(=O)c1ccc(NC(=O)Cn2c3c(sc2=O)[C@H]2c4ccccc4OC(=O)[C@@H]2CS3)cc1. The first kappa shape index (κ1) is 21.9. The van der Waals surface area contributed by atoms with Gasteiger partial charge >= 0.3 is 10.8 Å². The quantitative estimate of drug-likeness (QED) is 0.410. The summed E-state index contributed by atoms with van der Waals surface area (Å²) in [6, 6.07) is 12.7. The molecule has 0 unspecified atom stereocenters. The van der Waals surface area contributed by atoms with E-state index in [2.05, 4.69) is 5.32 Å². The Hall–Kier alpha value is -2.93. The fraction of sp³-hybridized carbons (Fsp3) is 0.190. The van der Waals surface area contributed by atoms with E-state index < -0.39 is 21.8 Å². The topological polar surface area (TPSA) is 138 Å². The Balaban J connectivity index is 1.42. The highest BCUT2D eigenvalue weighted by atomic mass is 32.2. The van der Waals surface area contributed by atoms with Crippen molar-refractivity contribution in [1.82, 2.24) is 4.57 Å². The minimum absolute atomic E-state index is 0.0686. The molecule has 0 bridgehead atoms. The van der Waals surface area contributed by atoms with Crippen molar-refractivity contribution in [2.75, 3.05) is 11.1 Å². The molecule has 3 N–H and O–H groups in total. The van der Waals surface area contributed by atoms with Crippen LogP contribution in [0.2, 0.25) is 0 Å². The zero-order valence-corrected chi connectivity index (χ0v) is 19.3. The molecule has 0 fully saturated rings. The molecule has 170 valence electrons. The molecule has 12 heteroatoms. The second kappa shape index (κ2) is 8.13. The second-order valence-corrected chi connectivity index (χ2v) is 11.2. The van der Waals surface area contributed by atoms with Gasteiger partial charge in [-0.3, -0.25) is 19.0 Å². The van der Waals surface area contributed by atoms with Gasteiger partial charge < -0.3 is 10.1 Å². The molecule has 3 heterocycles. The summed E-state index contributed by atoms with van der Waals surface area (Å²) in [5, 5.41) is 8.42. The summed E-state index contributed by atoms with van der Waals surface area (Å²) in [6.45, 7) is -0.210. The van der Waals surface area contributed by atoms with Crippen molar-refractivity contribution < 1.29 is 22.7 Å². The smallest absolute Gasteiger partial charge is 0.316 e. The van der Waals surface area contributed by atoms with Gasteiger partial charge in [0.05, 0.1) is 15.8 Å². The summed E-state index contributed by atoms with van der Waals surface area (Å²) in [5.41, 5.74) is 1.23. The normalized spacial score (nSPS) is 19.1. The lowest BCUT2D eigenvalue weighted by molar-refractivity contribution is -0.140. The van der Waals surface area contributed by atoms with Crippen molar-refractivity contribution in [2.24, 2.45) is 11.1 Å². The van der Waals surface area contributed by atoms with E-state index in [0.717, 1.165) is 21.8 Å². The van der Waals surface area contributed by atoms with Gasteiger partial charge in [-0.25, -0.2) is 13.6 Å². The first-order chi connectivity index (χ1) is 15.7. The Labute approximate surface area is 196 Å². The number of carbonyl (C=O) groups excluding carboxylic acids is 2. The number of hydrogen-bond donors (Lipinski definition) is 2. The third-order valence-corrected chi connectivity index (χ3v) is 8.85. The van der Waals surface area contributed by atoms with Gasteiger partial charge in [-0.15, -0.1) is 11.8 Å². The van der Waals surface area contributed by atoms with Crippen LogP contribution in [0.1, 0.15) is 16.4 Å². The van der Waals surface area contributed by atoms with Gasteiger partial charge in [0.25, 0.3) is 0 Å². The second-order valence-electron chi connectivity index (χ2n) is 7.60. The maximum Gasteiger partial charge on any atom is 0.316 e. The van der Waals surface area contributed by atoms with E-state index in [4.69, 9.17) is 9.88 Å². The molecule has 0 aliphatic carbocycles. The molecule has 2 aromatic carbocycles. The van der Waals surface area contributed by atoms with Crippen LogP contribution in [0.15, 0.2) is 63.2 Å². The molecule has 5 rings (SSSR count). The van der Waals surface area contributed by atoms with Gasteiger partial charge in [0.15, 0.2) is 0 Å². The van der Waals surface area contributed by atoms with E-state index in [9.17, 15) is 22.8 Å². The van der Waals surface area contributed by atoms with E-state index >= 15 is 0 Å². The molecule has 2 aliphatic heterocycles. The molecule has 0 saturated carbocycles. The number of esters is 1. The zero-order valence-electron chi connectivity index (χ0n) is 16.9. The van der Waals surface area contributed by atoms with Crippen LogP contribution < -0.4 is 20.1 Å². The van der Waals surface area contributed by atoms with Crippen molar-refractivity contribution >= 4 is 50.7 Å². The highest BCUT2D eigenvalue weighted by molar-refractivity contribution is 7.99. The molecule has 2 atom stereocenters. The van der Waals surface area contributed by atoms with Crippen molar-refractivity contribution in [2.45, 2.75) is 22.4 Å². The molecular formula is C21H17N3O6S3. The maximum absolute atomic E-state index is 12.8. The minimum atomic E-state index is -3.83. The Kier molecular flexibility index (Phi) is 5.40. The first-order valence-corrected chi connectivity index (χ1v) is 13.2. The predicted octanol–water partition coefficient (Wildman–Crippen LogP) is 1.97. The predicted molar refractivity (Wildman–Crippen MR) is 123 cm³/mol. The average Bonchev–Trinajstić information content (AvgIpc) is 3.08. The number of anilines is 1. The van der Waals surface area contributed by atoms with Crippen LogP contribution in [0, 0.1) is 5.92 Å². The molecule has 9 nitrogen and oxygen atoms in total. The van der Waals surface area contributed by atoms with Crippen LogP contribution in [-0.4, -0.2) is 30.6 Å². The van der Waals surface area contributed by atoms with Crippen molar-refractivity contribution in [3.63, 3.8) is 0 Å². The monoisotopic (exact) mass is 503 g/mol. The van der Waals surface area contributed by atoms with Crippen LogP contribution in [-0.2, 0) is 26.2 Å². The van der Waals surface area contributed by atoms with E-state index in [1.807, 2.05) is 12.1 Å². The summed E-state index contributed by atoms with van der Waals surface area (Å²) in [7, 11) is -3.83. The van der Waals surface area contributed by atoms with Crippen LogP contribution in [0.3, 0.4) is 0 Å². The number of ether oxygens (including phenoxy) is 1. The van der Waals surface area contributed by atoms with E-state index in [1.165, 1.54) is 40.6 Å². The van der Waals surface area contributed by atoms with Gasteiger partial charge in [-0.2, -0.15) is 0 Å². The molecule has 0 radical (unpaired) electrons. The highest BCUT2D eigenvalue weighted by Gasteiger charge is 2.44. The lowest BCUT2D eigenvalue weighted by atomic mass is 9.83. The van der Waals surface area contributed by atoms with Gasteiger partial charge in [0.1, 0.15) is 12.3 Å². The standard InChI is InChI=1S/C21H17N3O6S3/c22-33(28,29)12-7-5-11(6-8-12)23-16(25)9-24-19-18(32-21(24)27)17-13-3-1-2-4-15(13)30-20(26)14(17)10-31-19/h1-8,14,17H,9-10H2,(H,23,25)(H2,22,28,29)/t14-,17+/m1/s1. The number of aromatic nitrogens is 1. The summed E-state index contributed by atoms with van der Waals surface area (Å²) >= 11 is 2.40. The summed E-state index contributed by atoms with van der Waals surface area (Å²) in [5.74, 6) is -0.495. The van der Waals surface area contributed by atoms with Crippen LogP contribution >= 0.6 is 23.1 Å². The molecule has 2 aliphatic rings. The van der Waals surface area contributed by atoms with E-state index in [0.29, 0.717) is 22.2 Å². The Morgan fingerprint density at radius 2 is 1.88 bits per heavy atom. The van der Waals surface area contributed by atoms with Gasteiger partial charge in [-0.1, -0.05) is 29.5 Å². The number of thioether (sulfide) groups is 1. The van der Waals surface area contributed by atoms with Crippen molar-refractivity contribution in [1.29, 1.82) is 0 Å². The number of benzene rings is 2. The number of amides is 1. The Morgan fingerprint density at radius 3 is 2.61 bits per heavy atom. The highest BCUT2D eigenvalue weighted by Crippen LogP contribution is 2.50. The number of fused-ring (bicyclic) bond motifs is 5. The zero-order chi connectivity index (χ0) is 23.3. The molecule has 1 amide bonds. The lowest BCUT2D eigenvalue weighted by Crippen LogP contribution is -2.36. The third-order valence-electron chi connectivity index (χ3n) is 5.49. The van der Waals surface area contributed by atoms with E-state index in [1.54, 1.807) is 12.1 Å². The van der Waals surface area contributed by atoms with Crippen LogP contribution in [0.25, 0.3) is 0 Å². The number of hydrogen-bond acceptors (Lipinski definition) is 8. The number of carbonyl (C=O) groups is 2. The van der Waals surface area contributed by atoms with Crippen molar-refractivity contribution in [3.8, 4) is 5.75 Å². The average molecular weight is 504 g/mol. The number of thiazole rings is 1. The number of nitrogens with one attached hydrogen (secondary N) is 1. The third kappa shape index (κ3) is 3.99. The summed E-state index contributed by atoms with van der Waals surface area (Å²) in [4.78, 5) is 38.4. The molecular weight excluding hydrogens is 486 g/mol. The molecule has 0 spiro atoms. The summed E-state index contributed by atoms with van der Waals surface area (Å²) < 4.78 is 29.6. The van der Waals surface area contributed by atoms with Crippen LogP contribution in [0.4, 0.5) is 5.69 Å². The number of para-hydroxylation sites is 1. The maximum atomic E-state index is 12.8. The largest absolute Gasteiger partial charge is 0.426 e. The van der Waals surface area contributed by atoms with E-state index in [-0.39, 0.29) is 28.2 Å². The fourth-order valence-corrected chi connectivity index (χ4v) is 7.17.